The highest BCUT2D eigenvalue weighted by Gasteiger charge is 2.06. The Morgan fingerprint density at radius 3 is 3.07 bits per heavy atom. The molecule has 0 saturated carbocycles. The van der Waals surface area contributed by atoms with Crippen LogP contribution in [0.2, 0.25) is 5.15 Å². The van der Waals surface area contributed by atoms with E-state index >= 15 is 0 Å². The van der Waals surface area contributed by atoms with Crippen LogP contribution in [0.5, 0.6) is 5.88 Å². The summed E-state index contributed by atoms with van der Waals surface area (Å²) >= 11 is 5.84. The van der Waals surface area contributed by atoms with Gasteiger partial charge in [-0.25, -0.2) is 4.98 Å². The Morgan fingerprint density at radius 2 is 2.43 bits per heavy atom. The van der Waals surface area contributed by atoms with Crippen LogP contribution in [0.25, 0.3) is 10.9 Å². The molecule has 0 fully saturated rings. The number of fused-ring (bicyclic) bond motifs is 1. The highest BCUT2D eigenvalue weighted by atomic mass is 35.5. The van der Waals surface area contributed by atoms with Gasteiger partial charge in [-0.15, -0.1) is 0 Å². The number of nitrogens with one attached hydrogen (secondary N) is 1. The molecule has 0 aliphatic rings. The zero-order chi connectivity index (χ0) is 10.1. The van der Waals surface area contributed by atoms with Gasteiger partial charge in [0.1, 0.15) is 5.15 Å². The maximum absolute atomic E-state index is 10.7. The van der Waals surface area contributed by atoms with Crippen molar-refractivity contribution in [3.05, 3.63) is 23.5 Å². The van der Waals surface area contributed by atoms with Crippen LogP contribution in [0, 0.1) is 0 Å². The molecule has 0 aromatic carbocycles. The van der Waals surface area contributed by atoms with Crippen LogP contribution >= 0.6 is 11.6 Å². The SMILES string of the molecule is CC(=O)Oc1cc2c(Cl)nccc2[nH]1. The maximum Gasteiger partial charge on any atom is 0.309 e. The van der Waals surface area contributed by atoms with Crippen LogP contribution in [0.4, 0.5) is 0 Å². The number of aromatic amines is 1. The van der Waals surface area contributed by atoms with Crippen LogP contribution in [0.1, 0.15) is 6.92 Å². The van der Waals surface area contributed by atoms with Crippen molar-refractivity contribution >= 4 is 28.5 Å². The van der Waals surface area contributed by atoms with E-state index in [0.717, 1.165) is 10.9 Å². The van der Waals surface area contributed by atoms with Gasteiger partial charge in [-0.2, -0.15) is 0 Å². The molecule has 0 saturated heterocycles. The summed E-state index contributed by atoms with van der Waals surface area (Å²) in [6.07, 6.45) is 1.58. The molecule has 72 valence electrons. The van der Waals surface area contributed by atoms with Crippen molar-refractivity contribution in [2.75, 3.05) is 0 Å². The number of carbonyl (C=O) groups excluding carboxylic acids is 1. The van der Waals surface area contributed by atoms with Gasteiger partial charge < -0.3 is 9.72 Å². The second-order valence-corrected chi connectivity index (χ2v) is 3.15. The van der Waals surface area contributed by atoms with Crippen LogP contribution in [-0.4, -0.2) is 15.9 Å². The summed E-state index contributed by atoms with van der Waals surface area (Å²) in [6.45, 7) is 1.34. The minimum Gasteiger partial charge on any atom is -0.410 e. The molecule has 2 rings (SSSR count). The molecule has 2 aromatic heterocycles. The van der Waals surface area contributed by atoms with Crippen LogP contribution in [0.3, 0.4) is 0 Å². The molecule has 0 amide bonds. The molecule has 1 N–H and O–H groups in total. The fraction of sp³-hybridized carbons (Fsp3) is 0.111. The molecule has 2 aromatic rings. The summed E-state index contributed by atoms with van der Waals surface area (Å²) in [5.41, 5.74) is 0.793. The van der Waals surface area contributed by atoms with E-state index in [2.05, 4.69) is 9.97 Å². The zero-order valence-electron chi connectivity index (χ0n) is 7.37. The van der Waals surface area contributed by atoms with E-state index in [-0.39, 0.29) is 5.97 Å². The normalized spacial score (nSPS) is 10.4. The Hall–Kier alpha value is -1.55. The molecule has 14 heavy (non-hydrogen) atoms. The Balaban J connectivity index is 2.51. The number of esters is 1. The second-order valence-electron chi connectivity index (χ2n) is 2.79. The minimum absolute atomic E-state index is 0.374. The third-order valence-corrected chi connectivity index (χ3v) is 2.03. The molecule has 2 heterocycles. The number of aromatic nitrogens is 2. The molecule has 0 aliphatic heterocycles. The minimum atomic E-state index is -0.374. The lowest BCUT2D eigenvalue weighted by Crippen LogP contribution is -2.00. The molecular weight excluding hydrogens is 204 g/mol. The Kier molecular flexibility index (Phi) is 2.13. The summed E-state index contributed by atoms with van der Waals surface area (Å²) in [4.78, 5) is 17.5. The molecule has 0 atom stereocenters. The molecular formula is C9H7ClN2O2. The van der Waals surface area contributed by atoms with Gasteiger partial charge in [-0.05, 0) is 6.07 Å². The summed E-state index contributed by atoms with van der Waals surface area (Å²) in [7, 11) is 0. The number of H-pyrrole nitrogens is 1. The fourth-order valence-electron chi connectivity index (χ4n) is 1.20. The number of hydrogen-bond donors (Lipinski definition) is 1. The van der Waals surface area contributed by atoms with E-state index in [1.54, 1.807) is 18.3 Å². The lowest BCUT2D eigenvalue weighted by atomic mass is 10.3. The second kappa shape index (κ2) is 3.31. The van der Waals surface area contributed by atoms with Crippen LogP contribution < -0.4 is 4.74 Å². The van der Waals surface area contributed by atoms with Crippen molar-refractivity contribution in [1.29, 1.82) is 0 Å². The van der Waals surface area contributed by atoms with E-state index in [1.807, 2.05) is 0 Å². The third-order valence-electron chi connectivity index (χ3n) is 1.73. The van der Waals surface area contributed by atoms with E-state index in [0.29, 0.717) is 11.0 Å². The largest absolute Gasteiger partial charge is 0.410 e. The van der Waals surface area contributed by atoms with E-state index in [9.17, 15) is 4.79 Å². The molecule has 5 heteroatoms. The predicted molar refractivity (Wildman–Crippen MR) is 52.4 cm³/mol. The Morgan fingerprint density at radius 1 is 1.64 bits per heavy atom. The van der Waals surface area contributed by atoms with Crippen LogP contribution in [-0.2, 0) is 4.79 Å². The van der Waals surface area contributed by atoms with Gasteiger partial charge in [0.2, 0.25) is 5.88 Å². The number of nitrogens with zero attached hydrogens (tertiary/aromatic N) is 1. The van der Waals surface area contributed by atoms with Gasteiger partial charge in [-0.1, -0.05) is 11.6 Å². The molecule has 4 nitrogen and oxygen atoms in total. The standard InChI is InChI=1S/C9H7ClN2O2/c1-5(13)14-8-4-6-7(12-8)2-3-11-9(6)10/h2-4,12H,1H3. The average molecular weight is 211 g/mol. The first-order valence-electron chi connectivity index (χ1n) is 3.98. The highest BCUT2D eigenvalue weighted by Crippen LogP contribution is 2.25. The zero-order valence-corrected chi connectivity index (χ0v) is 8.13. The van der Waals surface area contributed by atoms with Gasteiger partial charge in [0.05, 0.1) is 5.52 Å². The van der Waals surface area contributed by atoms with Gasteiger partial charge in [-0.3, -0.25) is 4.79 Å². The summed E-state index contributed by atoms with van der Waals surface area (Å²) < 4.78 is 4.87. The highest BCUT2D eigenvalue weighted by molar-refractivity contribution is 6.34. The monoisotopic (exact) mass is 210 g/mol. The van der Waals surface area contributed by atoms with Gasteiger partial charge in [0, 0.05) is 24.6 Å². The smallest absolute Gasteiger partial charge is 0.309 e. The molecule has 0 radical (unpaired) electrons. The molecule has 0 unspecified atom stereocenters. The maximum atomic E-state index is 10.7. The number of pyridine rings is 1. The Labute approximate surface area is 84.9 Å². The first-order valence-corrected chi connectivity index (χ1v) is 4.36. The van der Waals surface area contributed by atoms with Crippen molar-refractivity contribution in [3.8, 4) is 5.88 Å². The molecule has 0 spiro atoms. The lowest BCUT2D eigenvalue weighted by molar-refractivity contribution is -0.132. The van der Waals surface area contributed by atoms with Crippen molar-refractivity contribution in [2.45, 2.75) is 6.92 Å². The van der Waals surface area contributed by atoms with Gasteiger partial charge in [0.15, 0.2) is 0 Å². The lowest BCUT2D eigenvalue weighted by Gasteiger charge is -1.93. The van der Waals surface area contributed by atoms with Gasteiger partial charge >= 0.3 is 5.97 Å². The van der Waals surface area contributed by atoms with Crippen molar-refractivity contribution in [3.63, 3.8) is 0 Å². The number of carbonyl (C=O) groups is 1. The van der Waals surface area contributed by atoms with Crippen LogP contribution in [0.15, 0.2) is 18.3 Å². The number of halogens is 1. The number of rotatable bonds is 1. The molecule has 0 aliphatic carbocycles. The number of ether oxygens (including phenoxy) is 1. The summed E-state index contributed by atoms with van der Waals surface area (Å²) in [5, 5.41) is 1.13. The van der Waals surface area contributed by atoms with Crippen molar-refractivity contribution in [1.82, 2.24) is 9.97 Å². The quantitative estimate of drug-likeness (QED) is 0.580. The Bertz CT molecular complexity index is 493. The van der Waals surface area contributed by atoms with Crippen molar-refractivity contribution in [2.24, 2.45) is 0 Å². The summed E-state index contributed by atoms with van der Waals surface area (Å²) in [6, 6.07) is 3.40. The fourth-order valence-corrected chi connectivity index (χ4v) is 1.42. The van der Waals surface area contributed by atoms with E-state index < -0.39 is 0 Å². The number of hydrogen-bond acceptors (Lipinski definition) is 3. The van der Waals surface area contributed by atoms with Crippen molar-refractivity contribution < 1.29 is 9.53 Å². The average Bonchev–Trinajstić information content (AvgIpc) is 2.47. The predicted octanol–water partition coefficient (Wildman–Crippen LogP) is 2.14. The first kappa shape index (κ1) is 9.02. The van der Waals surface area contributed by atoms with E-state index in [1.165, 1.54) is 6.92 Å². The summed E-state index contributed by atoms with van der Waals surface area (Å²) in [5.74, 6) is 0.00281. The topological polar surface area (TPSA) is 55.0 Å². The van der Waals surface area contributed by atoms with E-state index in [4.69, 9.17) is 16.3 Å². The van der Waals surface area contributed by atoms with Gasteiger partial charge in [0.25, 0.3) is 0 Å². The third kappa shape index (κ3) is 1.56. The first-order chi connectivity index (χ1) is 6.66. The molecule has 0 bridgehead atoms.